The van der Waals surface area contributed by atoms with Crippen LogP contribution in [0.4, 0.5) is 0 Å². The van der Waals surface area contributed by atoms with Gasteiger partial charge in [-0.2, -0.15) is 0 Å². The molecule has 0 aromatic carbocycles. The molecule has 0 bridgehead atoms. The number of aliphatic imine (C=N–C) groups is 1. The summed E-state index contributed by atoms with van der Waals surface area (Å²) >= 11 is 0. The highest BCUT2D eigenvalue weighted by Gasteiger charge is 2.65. The zero-order chi connectivity index (χ0) is 17.7. The minimum absolute atomic E-state index is 0. The maximum Gasteiger partial charge on any atom is 0.242 e. The first-order valence-electron chi connectivity index (χ1n) is 10.7. The van der Waals surface area contributed by atoms with Crippen LogP contribution >= 0.6 is 24.0 Å². The molecule has 2 aliphatic heterocycles. The van der Waals surface area contributed by atoms with Crippen molar-refractivity contribution in [2.45, 2.75) is 70.1 Å². The summed E-state index contributed by atoms with van der Waals surface area (Å²) in [6.45, 7) is 5.97. The summed E-state index contributed by atoms with van der Waals surface area (Å²) in [5.41, 5.74) is 0.315. The number of rotatable bonds is 3. The smallest absolute Gasteiger partial charge is 0.242 e. The van der Waals surface area contributed by atoms with E-state index in [2.05, 4.69) is 22.0 Å². The lowest BCUT2D eigenvalue weighted by atomic mass is 9.54. The van der Waals surface area contributed by atoms with Crippen molar-refractivity contribution in [2.75, 3.05) is 32.8 Å². The molecule has 27 heavy (non-hydrogen) atoms. The Kier molecular flexibility index (Phi) is 5.62. The summed E-state index contributed by atoms with van der Waals surface area (Å²) in [5.74, 6) is 1.85. The van der Waals surface area contributed by atoms with Gasteiger partial charge in [-0.3, -0.25) is 9.79 Å². The Bertz CT molecular complexity index is 603. The topological polar surface area (TPSA) is 57.2 Å². The Hall–Kier alpha value is -0.570. The van der Waals surface area contributed by atoms with E-state index < -0.39 is 0 Å². The van der Waals surface area contributed by atoms with Crippen molar-refractivity contribution in [1.82, 2.24) is 15.1 Å². The zero-order valence-corrected chi connectivity index (χ0v) is 18.7. The normalized spacial score (nSPS) is 35.1. The number of hydrogen-bond acceptors (Lipinski definition) is 3. The van der Waals surface area contributed by atoms with Gasteiger partial charge in [0.2, 0.25) is 5.91 Å². The quantitative estimate of drug-likeness (QED) is 0.376. The monoisotopic (exact) mass is 488 g/mol. The lowest BCUT2D eigenvalue weighted by molar-refractivity contribution is -0.135. The van der Waals surface area contributed by atoms with Crippen molar-refractivity contribution in [2.24, 2.45) is 16.3 Å². The molecule has 0 aromatic rings. The molecule has 5 rings (SSSR count). The molecule has 6 nitrogen and oxygen atoms in total. The molecular weight excluding hydrogens is 455 g/mol. The van der Waals surface area contributed by atoms with Gasteiger partial charge >= 0.3 is 0 Å². The first-order valence-corrected chi connectivity index (χ1v) is 10.7. The van der Waals surface area contributed by atoms with E-state index in [0.717, 1.165) is 38.6 Å². The number of fused-ring (bicyclic) bond motifs is 2. The lowest BCUT2D eigenvalue weighted by Gasteiger charge is -2.57. The van der Waals surface area contributed by atoms with Gasteiger partial charge in [0.15, 0.2) is 5.96 Å². The highest BCUT2D eigenvalue weighted by molar-refractivity contribution is 14.0. The fourth-order valence-corrected chi connectivity index (χ4v) is 6.07. The Morgan fingerprint density at radius 2 is 2.04 bits per heavy atom. The number of guanidine groups is 1. The van der Waals surface area contributed by atoms with Crippen LogP contribution in [-0.2, 0) is 9.53 Å². The first-order chi connectivity index (χ1) is 12.7. The predicted octanol–water partition coefficient (Wildman–Crippen LogP) is 2.22. The molecular formula is C20H33IN4O2. The Balaban J connectivity index is 0.00000180. The third kappa shape index (κ3) is 3.26. The van der Waals surface area contributed by atoms with Crippen LogP contribution in [0.15, 0.2) is 4.99 Å². The van der Waals surface area contributed by atoms with E-state index in [1.165, 1.54) is 38.5 Å². The van der Waals surface area contributed by atoms with E-state index in [9.17, 15) is 4.79 Å². The summed E-state index contributed by atoms with van der Waals surface area (Å²) in [7, 11) is 0. The van der Waals surface area contributed by atoms with Gasteiger partial charge in [0.1, 0.15) is 0 Å². The Morgan fingerprint density at radius 3 is 2.70 bits per heavy atom. The summed E-state index contributed by atoms with van der Waals surface area (Å²) < 4.78 is 6.12. The number of ether oxygens (including phenoxy) is 1. The van der Waals surface area contributed by atoms with E-state index in [0.29, 0.717) is 36.1 Å². The van der Waals surface area contributed by atoms with Crippen molar-refractivity contribution < 1.29 is 9.53 Å². The molecule has 7 heteroatoms. The number of carbonyl (C=O) groups is 1. The highest BCUT2D eigenvalue weighted by atomic mass is 127. The van der Waals surface area contributed by atoms with Crippen LogP contribution in [0.1, 0.15) is 51.9 Å². The number of piperazine rings is 1. The predicted molar refractivity (Wildman–Crippen MR) is 115 cm³/mol. The van der Waals surface area contributed by atoms with Crippen molar-refractivity contribution in [3.8, 4) is 0 Å². The first kappa shape index (κ1) is 19.7. The van der Waals surface area contributed by atoms with Crippen molar-refractivity contribution in [3.05, 3.63) is 0 Å². The van der Waals surface area contributed by atoms with E-state index in [-0.39, 0.29) is 29.9 Å². The van der Waals surface area contributed by atoms with E-state index in [4.69, 9.17) is 9.73 Å². The second kappa shape index (κ2) is 7.69. The molecule has 1 amide bonds. The van der Waals surface area contributed by atoms with Crippen molar-refractivity contribution >= 4 is 35.8 Å². The maximum absolute atomic E-state index is 12.6. The summed E-state index contributed by atoms with van der Waals surface area (Å²) in [6.07, 6.45) is 9.20. The fraction of sp³-hybridized carbons (Fsp3) is 0.900. The van der Waals surface area contributed by atoms with E-state index >= 15 is 0 Å². The molecule has 5 aliphatic rings. The second-order valence-corrected chi connectivity index (χ2v) is 8.84. The molecule has 2 saturated heterocycles. The maximum atomic E-state index is 12.6. The van der Waals surface area contributed by atoms with Crippen LogP contribution in [0.5, 0.6) is 0 Å². The lowest BCUT2D eigenvalue weighted by Crippen LogP contribution is -2.70. The molecule has 1 N–H and O–H groups in total. The molecule has 3 unspecified atom stereocenters. The average Bonchev–Trinajstić information content (AvgIpc) is 3.17. The van der Waals surface area contributed by atoms with E-state index in [1.807, 2.05) is 0 Å². The molecule has 1 spiro atoms. The van der Waals surface area contributed by atoms with Gasteiger partial charge < -0.3 is 19.9 Å². The number of nitrogens with zero attached hydrogens (tertiary/aromatic N) is 3. The third-order valence-corrected chi connectivity index (χ3v) is 7.42. The molecule has 3 saturated carbocycles. The largest absolute Gasteiger partial charge is 0.377 e. The number of amides is 1. The van der Waals surface area contributed by atoms with Gasteiger partial charge in [-0.1, -0.05) is 12.8 Å². The minimum atomic E-state index is 0. The number of nitrogens with one attached hydrogen (secondary N) is 1. The Morgan fingerprint density at radius 1 is 1.26 bits per heavy atom. The van der Waals surface area contributed by atoms with E-state index in [1.54, 1.807) is 0 Å². The third-order valence-electron chi connectivity index (χ3n) is 7.42. The average molecular weight is 488 g/mol. The van der Waals surface area contributed by atoms with Gasteiger partial charge in [-0.25, -0.2) is 0 Å². The van der Waals surface area contributed by atoms with Gasteiger partial charge in [0, 0.05) is 49.7 Å². The van der Waals surface area contributed by atoms with Crippen LogP contribution in [0.25, 0.3) is 0 Å². The van der Waals surface area contributed by atoms with Gasteiger partial charge in [0.25, 0.3) is 0 Å². The minimum Gasteiger partial charge on any atom is -0.377 e. The fourth-order valence-electron chi connectivity index (χ4n) is 6.07. The summed E-state index contributed by atoms with van der Waals surface area (Å²) in [4.78, 5) is 21.6. The number of halogens is 1. The molecule has 5 fully saturated rings. The van der Waals surface area contributed by atoms with Crippen molar-refractivity contribution in [1.29, 1.82) is 0 Å². The summed E-state index contributed by atoms with van der Waals surface area (Å²) in [6, 6.07) is 0.994. The molecule has 2 heterocycles. The van der Waals surface area contributed by atoms with Crippen molar-refractivity contribution in [3.63, 3.8) is 0 Å². The number of hydrogen-bond donors (Lipinski definition) is 1. The number of carbonyl (C=O) groups excluding carboxylic acids is 1. The SMILES string of the molecule is CCN=C(NC1C2CCOC2C12CCCC2)N1CCN(C2CC2)C(=O)C1.I. The van der Waals surface area contributed by atoms with Crippen LogP contribution in [-0.4, -0.2) is 72.6 Å². The van der Waals surface area contributed by atoms with Crippen LogP contribution in [0.2, 0.25) is 0 Å². The molecule has 3 atom stereocenters. The summed E-state index contributed by atoms with van der Waals surface area (Å²) in [5, 5.41) is 3.83. The van der Waals surface area contributed by atoms with Crippen LogP contribution < -0.4 is 5.32 Å². The van der Waals surface area contributed by atoms with Gasteiger partial charge in [0.05, 0.1) is 12.6 Å². The Labute approximate surface area is 179 Å². The van der Waals surface area contributed by atoms with Gasteiger partial charge in [-0.15, -0.1) is 24.0 Å². The molecule has 0 aromatic heterocycles. The molecule has 0 radical (unpaired) electrons. The van der Waals surface area contributed by atoms with Crippen LogP contribution in [0, 0.1) is 11.3 Å². The molecule has 3 aliphatic carbocycles. The molecule has 152 valence electrons. The second-order valence-electron chi connectivity index (χ2n) is 8.84. The highest BCUT2D eigenvalue weighted by Crippen LogP contribution is 2.60. The zero-order valence-electron chi connectivity index (χ0n) is 16.4. The van der Waals surface area contributed by atoms with Gasteiger partial charge in [-0.05, 0) is 39.0 Å². The van der Waals surface area contributed by atoms with Crippen LogP contribution in [0.3, 0.4) is 0 Å². The standard InChI is InChI=1S/C20H32N4O2.HI/c1-2-21-19(23-10-11-24(14-5-6-14)16(25)13-23)22-17-15-7-12-26-18(15)20(17)8-3-4-9-20;/h14-15,17-18H,2-13H2,1H3,(H,21,22);1H.